The van der Waals surface area contributed by atoms with Crippen LogP contribution in [0.3, 0.4) is 0 Å². The monoisotopic (exact) mass is 285 g/mol. The van der Waals surface area contributed by atoms with E-state index in [4.69, 9.17) is 11.6 Å². The van der Waals surface area contributed by atoms with E-state index < -0.39 is 0 Å². The first-order chi connectivity index (χ1) is 8.72. The van der Waals surface area contributed by atoms with Crippen molar-refractivity contribution in [3.63, 3.8) is 0 Å². The Kier molecular flexibility index (Phi) is 4.63. The summed E-state index contributed by atoms with van der Waals surface area (Å²) in [6.07, 6.45) is 0.973. The van der Waals surface area contributed by atoms with Crippen LogP contribution in [0.2, 0.25) is 5.02 Å². The van der Waals surface area contributed by atoms with Gasteiger partial charge in [-0.05, 0) is 48.3 Å². The molecule has 2 rings (SSSR count). The van der Waals surface area contributed by atoms with Crippen molar-refractivity contribution < 1.29 is 4.39 Å². The Morgan fingerprint density at radius 2 is 2.33 bits per heavy atom. The van der Waals surface area contributed by atoms with Crippen molar-refractivity contribution in [2.75, 3.05) is 6.54 Å². The molecule has 1 N–H and O–H groups in total. The quantitative estimate of drug-likeness (QED) is 0.915. The number of hydrogen-bond donors (Lipinski definition) is 1. The van der Waals surface area contributed by atoms with Gasteiger partial charge in [0.05, 0.1) is 11.7 Å². The van der Waals surface area contributed by atoms with Crippen LogP contribution in [-0.2, 0) is 0 Å². The molecule has 1 heterocycles. The molecule has 96 valence electrons. The summed E-state index contributed by atoms with van der Waals surface area (Å²) in [6.45, 7) is 2.87. The number of hydrogen-bond acceptors (Lipinski definition) is 4. The first-order valence-electron chi connectivity index (χ1n) is 5.67. The summed E-state index contributed by atoms with van der Waals surface area (Å²) in [5, 5.41) is 9.72. The summed E-state index contributed by atoms with van der Waals surface area (Å²) in [5.74, 6) is -0.305. The molecule has 6 heteroatoms. The number of halogens is 2. The molecule has 0 fully saturated rings. The van der Waals surface area contributed by atoms with E-state index in [2.05, 4.69) is 21.8 Å². The predicted octanol–water partition coefficient (Wildman–Crippen LogP) is 3.42. The topological polar surface area (TPSA) is 37.8 Å². The molecule has 0 amide bonds. The summed E-state index contributed by atoms with van der Waals surface area (Å²) in [7, 11) is 0. The first kappa shape index (κ1) is 13.4. The van der Waals surface area contributed by atoms with Gasteiger partial charge in [-0.25, -0.2) is 4.39 Å². The van der Waals surface area contributed by atoms with Crippen molar-refractivity contribution in [1.29, 1.82) is 0 Å². The van der Waals surface area contributed by atoms with Gasteiger partial charge in [-0.1, -0.05) is 23.0 Å². The lowest BCUT2D eigenvalue weighted by Crippen LogP contribution is -2.24. The Bertz CT molecular complexity index is 504. The van der Waals surface area contributed by atoms with Crippen molar-refractivity contribution in [3.8, 4) is 0 Å². The van der Waals surface area contributed by atoms with Gasteiger partial charge in [0.1, 0.15) is 5.82 Å². The molecule has 18 heavy (non-hydrogen) atoms. The van der Waals surface area contributed by atoms with E-state index in [9.17, 15) is 4.39 Å². The van der Waals surface area contributed by atoms with Crippen LogP contribution in [0.15, 0.2) is 23.6 Å². The predicted molar refractivity (Wildman–Crippen MR) is 71.5 cm³/mol. The molecule has 1 unspecified atom stereocenters. The van der Waals surface area contributed by atoms with Gasteiger partial charge in [0.2, 0.25) is 0 Å². The highest BCUT2D eigenvalue weighted by Gasteiger charge is 2.19. The molecule has 2 aromatic rings. The van der Waals surface area contributed by atoms with Gasteiger partial charge in [-0.3, -0.25) is 0 Å². The minimum Gasteiger partial charge on any atom is -0.305 e. The summed E-state index contributed by atoms with van der Waals surface area (Å²) in [4.78, 5) is 0. The SMILES string of the molecule is CCCNC(c1csnn1)c1cc(F)ccc1Cl. The van der Waals surface area contributed by atoms with Crippen LogP contribution in [0, 0.1) is 5.82 Å². The van der Waals surface area contributed by atoms with E-state index in [1.807, 2.05) is 5.38 Å². The Morgan fingerprint density at radius 1 is 1.50 bits per heavy atom. The maximum Gasteiger partial charge on any atom is 0.123 e. The second kappa shape index (κ2) is 6.22. The zero-order valence-electron chi connectivity index (χ0n) is 9.86. The lowest BCUT2D eigenvalue weighted by Gasteiger charge is -2.17. The third-order valence-electron chi connectivity index (χ3n) is 2.54. The molecular weight excluding hydrogens is 273 g/mol. The number of rotatable bonds is 5. The number of aromatic nitrogens is 2. The second-order valence-corrected chi connectivity index (χ2v) is 4.90. The average Bonchev–Trinajstić information content (AvgIpc) is 2.88. The summed E-state index contributed by atoms with van der Waals surface area (Å²) in [6, 6.07) is 4.14. The molecule has 1 atom stereocenters. The minimum atomic E-state index is -0.305. The molecule has 0 bridgehead atoms. The Morgan fingerprint density at radius 3 is 3.00 bits per heavy atom. The van der Waals surface area contributed by atoms with Crippen LogP contribution in [0.5, 0.6) is 0 Å². The Balaban J connectivity index is 2.36. The van der Waals surface area contributed by atoms with Crippen LogP contribution in [0.1, 0.15) is 30.6 Å². The van der Waals surface area contributed by atoms with E-state index in [1.54, 1.807) is 6.07 Å². The molecular formula is C12H13ClFN3S. The average molecular weight is 286 g/mol. The molecule has 0 spiro atoms. The number of benzene rings is 1. The second-order valence-electron chi connectivity index (χ2n) is 3.88. The van der Waals surface area contributed by atoms with Crippen LogP contribution < -0.4 is 5.32 Å². The van der Waals surface area contributed by atoms with E-state index in [0.29, 0.717) is 10.6 Å². The zero-order chi connectivity index (χ0) is 13.0. The van der Waals surface area contributed by atoms with E-state index >= 15 is 0 Å². The highest BCUT2D eigenvalue weighted by atomic mass is 35.5. The fourth-order valence-corrected chi connectivity index (χ4v) is 2.40. The largest absolute Gasteiger partial charge is 0.305 e. The molecule has 3 nitrogen and oxygen atoms in total. The molecule has 0 aliphatic heterocycles. The van der Waals surface area contributed by atoms with Gasteiger partial charge in [0.25, 0.3) is 0 Å². The van der Waals surface area contributed by atoms with Crippen molar-refractivity contribution in [2.24, 2.45) is 0 Å². The summed E-state index contributed by atoms with van der Waals surface area (Å²) in [5.41, 5.74) is 1.46. The van der Waals surface area contributed by atoms with Gasteiger partial charge in [-0.15, -0.1) is 5.10 Å². The van der Waals surface area contributed by atoms with Gasteiger partial charge < -0.3 is 5.32 Å². The lowest BCUT2D eigenvalue weighted by atomic mass is 10.0. The lowest BCUT2D eigenvalue weighted by molar-refractivity contribution is 0.575. The van der Waals surface area contributed by atoms with Gasteiger partial charge in [0.15, 0.2) is 0 Å². The van der Waals surface area contributed by atoms with Gasteiger partial charge >= 0.3 is 0 Å². The summed E-state index contributed by atoms with van der Waals surface area (Å²) >= 11 is 7.40. The third-order valence-corrected chi connectivity index (χ3v) is 3.41. The smallest absolute Gasteiger partial charge is 0.123 e. The standard InChI is InChI=1S/C12H13ClFN3S/c1-2-5-15-12(11-7-18-17-16-11)9-6-8(14)3-4-10(9)13/h3-4,6-7,12,15H,2,5H2,1H3. The van der Waals surface area contributed by atoms with Crippen molar-refractivity contribution in [1.82, 2.24) is 14.9 Å². The van der Waals surface area contributed by atoms with E-state index in [1.165, 1.54) is 23.7 Å². The highest BCUT2D eigenvalue weighted by molar-refractivity contribution is 7.03. The molecule has 0 saturated heterocycles. The first-order valence-corrected chi connectivity index (χ1v) is 6.89. The third kappa shape index (κ3) is 3.04. The maximum atomic E-state index is 13.4. The fourth-order valence-electron chi connectivity index (χ4n) is 1.70. The van der Waals surface area contributed by atoms with Crippen molar-refractivity contribution in [3.05, 3.63) is 45.7 Å². The van der Waals surface area contributed by atoms with E-state index in [-0.39, 0.29) is 11.9 Å². The Labute approximate surface area is 114 Å². The van der Waals surface area contributed by atoms with Crippen molar-refractivity contribution >= 4 is 23.1 Å². The molecule has 0 saturated carbocycles. The van der Waals surface area contributed by atoms with Crippen LogP contribution in [0.25, 0.3) is 0 Å². The van der Waals surface area contributed by atoms with E-state index in [0.717, 1.165) is 18.7 Å². The molecule has 0 aliphatic rings. The number of nitrogens with zero attached hydrogens (tertiary/aromatic N) is 2. The van der Waals surface area contributed by atoms with Crippen LogP contribution in [0.4, 0.5) is 4.39 Å². The molecule has 0 radical (unpaired) electrons. The maximum absolute atomic E-state index is 13.4. The fraction of sp³-hybridized carbons (Fsp3) is 0.333. The normalized spacial score (nSPS) is 12.6. The molecule has 1 aromatic heterocycles. The minimum absolute atomic E-state index is 0.216. The van der Waals surface area contributed by atoms with Crippen LogP contribution >= 0.6 is 23.1 Å². The van der Waals surface area contributed by atoms with Crippen molar-refractivity contribution in [2.45, 2.75) is 19.4 Å². The zero-order valence-corrected chi connectivity index (χ0v) is 11.4. The number of nitrogens with one attached hydrogen (secondary N) is 1. The van der Waals surface area contributed by atoms with Gasteiger partial charge in [0, 0.05) is 10.4 Å². The van der Waals surface area contributed by atoms with Crippen LogP contribution in [-0.4, -0.2) is 16.1 Å². The summed E-state index contributed by atoms with van der Waals surface area (Å²) < 4.78 is 17.2. The highest BCUT2D eigenvalue weighted by Crippen LogP contribution is 2.28. The van der Waals surface area contributed by atoms with Gasteiger partial charge in [-0.2, -0.15) is 0 Å². The molecule has 1 aromatic carbocycles. The molecule has 0 aliphatic carbocycles. The Hall–Kier alpha value is -1.04.